The van der Waals surface area contributed by atoms with Crippen molar-refractivity contribution in [3.05, 3.63) is 0 Å². The fourth-order valence-corrected chi connectivity index (χ4v) is 1.74. The first-order chi connectivity index (χ1) is 9.85. The normalized spacial score (nSPS) is 27.1. The molecular weight excluding hydrogens is 250 g/mol. The number of amides is 1. The molecule has 0 aliphatic carbocycles. The Morgan fingerprint density at radius 1 is 1.42 bits per heavy atom. The maximum absolute atomic E-state index is 12.2. The lowest BCUT2D eigenvalue weighted by Crippen LogP contribution is -2.54. The Balaban J connectivity index is 3.15. The van der Waals surface area contributed by atoms with Gasteiger partial charge in [-0.25, -0.2) is 4.79 Å². The van der Waals surface area contributed by atoms with Gasteiger partial charge in [-0.05, 0) is 27.6 Å². The Labute approximate surface area is 117 Å². The molecule has 108 valence electrons. The van der Waals surface area contributed by atoms with E-state index < -0.39 is 42.3 Å². The summed E-state index contributed by atoms with van der Waals surface area (Å²) in [5, 5.41) is 0. The van der Waals surface area contributed by atoms with Gasteiger partial charge in [0.25, 0.3) is 0 Å². The summed E-state index contributed by atoms with van der Waals surface area (Å²) < 4.78 is 32.4. The summed E-state index contributed by atoms with van der Waals surface area (Å²) in [5.41, 5.74) is -3.14. The minimum absolute atomic E-state index is 0.00255. The molecule has 19 heavy (non-hydrogen) atoms. The molecule has 6 heteroatoms. The van der Waals surface area contributed by atoms with E-state index in [0.29, 0.717) is 0 Å². The zero-order chi connectivity index (χ0) is 17.3. The third-order valence-electron chi connectivity index (χ3n) is 2.70. The molecule has 1 saturated heterocycles. The van der Waals surface area contributed by atoms with E-state index in [4.69, 9.17) is 8.85 Å². The van der Waals surface area contributed by atoms with Gasteiger partial charge >= 0.3 is 12.1 Å². The molecule has 0 aromatic rings. The number of esters is 1. The van der Waals surface area contributed by atoms with Gasteiger partial charge in [0.1, 0.15) is 11.0 Å². The summed E-state index contributed by atoms with van der Waals surface area (Å²) in [6, 6.07) is 0. The molecule has 1 heterocycles. The number of carbonyl (C=O) groups excluding carboxylic acids is 3. The van der Waals surface area contributed by atoms with Crippen LogP contribution in [-0.4, -0.2) is 48.5 Å². The van der Waals surface area contributed by atoms with E-state index in [1.807, 2.05) is 0 Å². The molecule has 0 bridgehead atoms. The molecule has 1 amide bonds. The fraction of sp³-hybridized carbons (Fsp3) is 0.769. The third kappa shape index (κ3) is 3.45. The summed E-state index contributed by atoms with van der Waals surface area (Å²) in [6.07, 6.45) is -1.01. The lowest BCUT2D eigenvalue weighted by atomic mass is 9.81. The van der Waals surface area contributed by atoms with Gasteiger partial charge in [-0.2, -0.15) is 0 Å². The number of ketones is 1. The number of likely N-dealkylation sites (tertiary alicyclic amines) is 1. The van der Waals surface area contributed by atoms with E-state index in [0.717, 1.165) is 12.0 Å². The summed E-state index contributed by atoms with van der Waals surface area (Å²) in [7, 11) is 1.01. The van der Waals surface area contributed by atoms with Crippen molar-refractivity contribution in [2.75, 3.05) is 20.2 Å². The molecular formula is C13H21NO5. The standard InChI is InChI=1S/C13H21NO5/c1-12(2,3)19-11(17)14-7-6-9(15)13(4,8-14)10(16)18-5/h6-8H2,1-5H3/t13-/m0/s1/i4D3. The second-order valence-electron chi connectivity index (χ2n) is 5.47. The van der Waals surface area contributed by atoms with Gasteiger partial charge in [0.2, 0.25) is 0 Å². The summed E-state index contributed by atoms with van der Waals surface area (Å²) in [5.74, 6) is -1.91. The predicted molar refractivity (Wildman–Crippen MR) is 67.6 cm³/mol. The lowest BCUT2D eigenvalue weighted by molar-refractivity contribution is -0.160. The van der Waals surface area contributed by atoms with E-state index in [2.05, 4.69) is 4.74 Å². The van der Waals surface area contributed by atoms with Crippen LogP contribution < -0.4 is 0 Å². The van der Waals surface area contributed by atoms with Gasteiger partial charge in [0, 0.05) is 23.6 Å². The number of nitrogens with zero attached hydrogens (tertiary/aromatic N) is 1. The highest BCUT2D eigenvalue weighted by atomic mass is 16.6. The Morgan fingerprint density at radius 2 is 2.05 bits per heavy atom. The maximum atomic E-state index is 12.2. The number of hydrogen-bond acceptors (Lipinski definition) is 5. The van der Waals surface area contributed by atoms with Crippen molar-refractivity contribution in [2.24, 2.45) is 5.41 Å². The molecule has 0 radical (unpaired) electrons. The monoisotopic (exact) mass is 274 g/mol. The summed E-state index contributed by atoms with van der Waals surface area (Å²) in [4.78, 5) is 37.4. The number of methoxy groups -OCH3 is 1. The average Bonchev–Trinajstić information content (AvgIpc) is 2.34. The molecule has 1 fully saturated rings. The topological polar surface area (TPSA) is 72.9 Å². The molecule has 0 saturated carbocycles. The van der Waals surface area contributed by atoms with Crippen LogP contribution in [0.4, 0.5) is 4.79 Å². The largest absolute Gasteiger partial charge is 0.468 e. The predicted octanol–water partition coefficient (Wildman–Crippen LogP) is 1.38. The molecule has 0 aromatic carbocycles. The number of Topliss-reactive ketones (excluding diaryl/α,β-unsaturated/α-hetero) is 1. The van der Waals surface area contributed by atoms with Gasteiger partial charge in [0.15, 0.2) is 5.78 Å². The molecule has 1 atom stereocenters. The van der Waals surface area contributed by atoms with Crippen LogP contribution >= 0.6 is 0 Å². The Kier molecular flexibility index (Phi) is 3.07. The minimum Gasteiger partial charge on any atom is -0.468 e. The number of piperidine rings is 1. The van der Waals surface area contributed by atoms with E-state index in [9.17, 15) is 14.4 Å². The SMILES string of the molecule is [2H]C([2H])([2H])[C@]1(C(=O)OC)CN(C(=O)OC(C)(C)C)CCC1=O. The first-order valence-electron chi connectivity index (χ1n) is 7.45. The van der Waals surface area contributed by atoms with Crippen LogP contribution in [0.5, 0.6) is 0 Å². The van der Waals surface area contributed by atoms with Crippen molar-refractivity contribution >= 4 is 17.8 Å². The molecule has 0 aromatic heterocycles. The van der Waals surface area contributed by atoms with Gasteiger partial charge in [0.05, 0.1) is 7.11 Å². The van der Waals surface area contributed by atoms with Crippen molar-refractivity contribution in [1.82, 2.24) is 4.90 Å². The highest BCUT2D eigenvalue weighted by molar-refractivity contribution is 6.04. The van der Waals surface area contributed by atoms with Crippen molar-refractivity contribution < 1.29 is 28.0 Å². The highest BCUT2D eigenvalue weighted by Gasteiger charge is 2.47. The molecule has 1 rings (SSSR count). The average molecular weight is 274 g/mol. The van der Waals surface area contributed by atoms with Gasteiger partial charge < -0.3 is 14.4 Å². The van der Waals surface area contributed by atoms with Crippen LogP contribution in [0.2, 0.25) is 0 Å². The van der Waals surface area contributed by atoms with Crippen LogP contribution in [0.1, 0.15) is 38.2 Å². The maximum Gasteiger partial charge on any atom is 0.410 e. The summed E-state index contributed by atoms with van der Waals surface area (Å²) >= 11 is 0. The second kappa shape index (κ2) is 5.19. The molecule has 1 aliphatic heterocycles. The van der Waals surface area contributed by atoms with Crippen LogP contribution in [0.25, 0.3) is 0 Å². The third-order valence-corrected chi connectivity index (χ3v) is 2.70. The highest BCUT2D eigenvalue weighted by Crippen LogP contribution is 2.28. The first-order valence-corrected chi connectivity index (χ1v) is 5.95. The Bertz CT molecular complexity index is 473. The molecule has 0 N–H and O–H groups in total. The smallest absolute Gasteiger partial charge is 0.410 e. The molecule has 6 nitrogen and oxygen atoms in total. The van der Waals surface area contributed by atoms with Crippen LogP contribution in [0.3, 0.4) is 0 Å². The van der Waals surface area contributed by atoms with Crippen molar-refractivity contribution in [2.45, 2.75) is 39.6 Å². The van der Waals surface area contributed by atoms with E-state index in [1.54, 1.807) is 20.8 Å². The van der Waals surface area contributed by atoms with Gasteiger partial charge in [-0.1, -0.05) is 0 Å². The van der Waals surface area contributed by atoms with Gasteiger partial charge in [-0.15, -0.1) is 0 Å². The van der Waals surface area contributed by atoms with Crippen molar-refractivity contribution in [1.29, 1.82) is 0 Å². The quantitative estimate of drug-likeness (QED) is 0.533. The lowest BCUT2D eigenvalue weighted by Gasteiger charge is -2.37. The molecule has 0 spiro atoms. The number of carbonyl (C=O) groups is 3. The van der Waals surface area contributed by atoms with E-state index in [1.165, 1.54) is 0 Å². The van der Waals surface area contributed by atoms with E-state index in [-0.39, 0.29) is 13.0 Å². The summed E-state index contributed by atoms with van der Waals surface area (Å²) in [6.45, 7) is 1.50. The molecule has 0 unspecified atom stereocenters. The Hall–Kier alpha value is -1.59. The van der Waals surface area contributed by atoms with Crippen molar-refractivity contribution in [3.8, 4) is 0 Å². The first kappa shape index (κ1) is 11.3. The number of hydrogen-bond donors (Lipinski definition) is 0. The van der Waals surface area contributed by atoms with Crippen LogP contribution in [-0.2, 0) is 19.1 Å². The van der Waals surface area contributed by atoms with E-state index >= 15 is 0 Å². The van der Waals surface area contributed by atoms with Gasteiger partial charge in [-0.3, -0.25) is 9.59 Å². The molecule has 1 aliphatic rings. The second-order valence-corrected chi connectivity index (χ2v) is 5.47. The fourth-order valence-electron chi connectivity index (χ4n) is 1.74. The van der Waals surface area contributed by atoms with Crippen LogP contribution in [0, 0.1) is 5.41 Å². The minimum atomic E-state index is -2.92. The zero-order valence-corrected chi connectivity index (χ0v) is 11.6. The number of rotatable bonds is 1. The van der Waals surface area contributed by atoms with Crippen LogP contribution in [0.15, 0.2) is 0 Å². The number of ether oxygens (including phenoxy) is 2. The Morgan fingerprint density at radius 3 is 2.53 bits per heavy atom. The van der Waals surface area contributed by atoms with Crippen molar-refractivity contribution in [3.63, 3.8) is 0 Å². The zero-order valence-electron chi connectivity index (χ0n) is 14.6.